The van der Waals surface area contributed by atoms with E-state index in [2.05, 4.69) is 24.0 Å². The molecule has 1 aromatic carbocycles. The van der Waals surface area contributed by atoms with Gasteiger partial charge in [0.1, 0.15) is 5.60 Å². The van der Waals surface area contributed by atoms with Crippen LogP contribution in [0.1, 0.15) is 72.9 Å². The van der Waals surface area contributed by atoms with Gasteiger partial charge in [-0.3, -0.25) is 0 Å². The summed E-state index contributed by atoms with van der Waals surface area (Å²) >= 11 is 0. The van der Waals surface area contributed by atoms with Gasteiger partial charge in [-0.05, 0) is 85.9 Å². The predicted octanol–water partition coefficient (Wildman–Crippen LogP) is 4.96. The molecule has 0 saturated heterocycles. The lowest BCUT2D eigenvalue weighted by atomic mass is 10.1. The van der Waals surface area contributed by atoms with Gasteiger partial charge in [-0.15, -0.1) is 0 Å². The second-order valence-electron chi connectivity index (χ2n) is 8.54. The largest absolute Gasteiger partial charge is 0.501 e. The van der Waals surface area contributed by atoms with E-state index in [1.807, 2.05) is 53.7 Å². The maximum absolute atomic E-state index is 9.71. The Morgan fingerprint density at radius 1 is 0.893 bits per heavy atom. The molecule has 0 heterocycles. The maximum Gasteiger partial charge on any atom is 0.501 e. The van der Waals surface area contributed by atoms with Gasteiger partial charge >= 0.3 is 8.80 Å². The molecule has 0 saturated carbocycles. The van der Waals surface area contributed by atoms with Crippen molar-refractivity contribution in [2.45, 2.75) is 98.2 Å². The summed E-state index contributed by atoms with van der Waals surface area (Å²) in [6.45, 7) is 15.5. The Balaban J connectivity index is 2.77. The predicted molar refractivity (Wildman–Crippen MR) is 117 cm³/mol. The van der Waals surface area contributed by atoms with Crippen molar-refractivity contribution in [1.82, 2.24) is 0 Å². The standard InChI is InChI=1S/C23H38O4Si/c1-18(2)25-28(26-19(3)4,27-20(5)6)17-9-10-21-11-13-22(14-12-21)15-16-23(7,8)24/h11-14,18-20,24H,9-10,17H2,1-8H3. The highest BCUT2D eigenvalue weighted by Crippen LogP contribution is 2.24. The third-order valence-corrected chi connectivity index (χ3v) is 7.12. The third kappa shape index (κ3) is 10.4. The molecule has 1 N–H and O–H groups in total. The molecule has 0 amide bonds. The zero-order valence-corrected chi connectivity index (χ0v) is 19.8. The van der Waals surface area contributed by atoms with Crippen LogP contribution in [0.3, 0.4) is 0 Å². The van der Waals surface area contributed by atoms with Crippen molar-refractivity contribution < 1.29 is 18.4 Å². The summed E-state index contributed by atoms with van der Waals surface area (Å²) in [5.74, 6) is 5.84. The molecule has 158 valence electrons. The molecule has 0 aromatic heterocycles. The number of hydrogen-bond donors (Lipinski definition) is 1. The monoisotopic (exact) mass is 406 g/mol. The second kappa shape index (κ2) is 11.1. The summed E-state index contributed by atoms with van der Waals surface area (Å²) in [4.78, 5) is 0. The zero-order valence-electron chi connectivity index (χ0n) is 18.8. The van der Waals surface area contributed by atoms with E-state index in [0.717, 1.165) is 24.4 Å². The van der Waals surface area contributed by atoms with Crippen molar-refractivity contribution in [3.05, 3.63) is 35.4 Å². The quantitative estimate of drug-likeness (QED) is 0.441. The number of aryl methyl sites for hydroxylation is 1. The van der Waals surface area contributed by atoms with Crippen LogP contribution in [0.15, 0.2) is 24.3 Å². The molecular weight excluding hydrogens is 368 g/mol. The number of aliphatic hydroxyl groups is 1. The molecule has 1 rings (SSSR count). The van der Waals surface area contributed by atoms with Crippen molar-refractivity contribution in [1.29, 1.82) is 0 Å². The zero-order chi connectivity index (χ0) is 21.4. The fourth-order valence-corrected chi connectivity index (χ4v) is 6.11. The van der Waals surface area contributed by atoms with Gasteiger partial charge in [-0.2, -0.15) is 0 Å². The Bertz CT molecular complexity index is 607. The fraction of sp³-hybridized carbons (Fsp3) is 0.652. The van der Waals surface area contributed by atoms with Gasteiger partial charge in [-0.25, -0.2) is 0 Å². The van der Waals surface area contributed by atoms with E-state index in [1.165, 1.54) is 5.56 Å². The molecule has 0 radical (unpaired) electrons. The van der Waals surface area contributed by atoms with Gasteiger partial charge in [-0.1, -0.05) is 24.0 Å². The van der Waals surface area contributed by atoms with Crippen LogP contribution < -0.4 is 0 Å². The smallest absolute Gasteiger partial charge is 0.378 e. The Morgan fingerprint density at radius 3 is 1.75 bits per heavy atom. The molecule has 1 aromatic rings. The lowest BCUT2D eigenvalue weighted by Crippen LogP contribution is -2.50. The molecule has 0 fully saturated rings. The Morgan fingerprint density at radius 2 is 1.36 bits per heavy atom. The van der Waals surface area contributed by atoms with Crippen LogP contribution in [-0.4, -0.2) is 37.8 Å². The van der Waals surface area contributed by atoms with Gasteiger partial charge < -0.3 is 18.4 Å². The van der Waals surface area contributed by atoms with Gasteiger partial charge in [0, 0.05) is 29.9 Å². The molecule has 0 aliphatic rings. The molecule has 0 unspecified atom stereocenters. The minimum atomic E-state index is -2.73. The Kier molecular flexibility index (Phi) is 9.89. The van der Waals surface area contributed by atoms with E-state index in [-0.39, 0.29) is 18.3 Å². The second-order valence-corrected chi connectivity index (χ2v) is 11.1. The average Bonchev–Trinajstić information content (AvgIpc) is 2.51. The molecule has 5 heteroatoms. The summed E-state index contributed by atoms with van der Waals surface area (Å²) in [7, 11) is -2.73. The molecule has 0 atom stereocenters. The first-order chi connectivity index (χ1) is 12.9. The van der Waals surface area contributed by atoms with Crippen LogP contribution in [0.5, 0.6) is 0 Å². The van der Waals surface area contributed by atoms with Gasteiger partial charge in [0.25, 0.3) is 0 Å². The lowest BCUT2D eigenvalue weighted by molar-refractivity contribution is 0.00291. The summed E-state index contributed by atoms with van der Waals surface area (Å²) < 4.78 is 18.7. The van der Waals surface area contributed by atoms with Crippen LogP contribution in [-0.2, 0) is 19.7 Å². The third-order valence-electron chi connectivity index (χ3n) is 3.66. The summed E-state index contributed by atoms with van der Waals surface area (Å²) in [5.41, 5.74) is 1.18. The number of rotatable bonds is 10. The molecule has 28 heavy (non-hydrogen) atoms. The first kappa shape index (κ1) is 24.9. The van der Waals surface area contributed by atoms with Crippen molar-refractivity contribution in [3.8, 4) is 11.8 Å². The van der Waals surface area contributed by atoms with E-state index in [1.54, 1.807) is 13.8 Å². The van der Waals surface area contributed by atoms with E-state index < -0.39 is 14.4 Å². The van der Waals surface area contributed by atoms with Crippen molar-refractivity contribution in [2.24, 2.45) is 0 Å². The normalized spacial score (nSPS) is 12.6. The summed E-state index contributed by atoms with van der Waals surface area (Å²) in [6, 6.07) is 8.97. The minimum Gasteiger partial charge on any atom is -0.378 e. The Hall–Kier alpha value is -1.16. The first-order valence-corrected chi connectivity index (χ1v) is 12.2. The van der Waals surface area contributed by atoms with Crippen LogP contribution in [0.2, 0.25) is 6.04 Å². The van der Waals surface area contributed by atoms with Gasteiger partial charge in [0.15, 0.2) is 0 Å². The van der Waals surface area contributed by atoms with Crippen molar-refractivity contribution in [3.63, 3.8) is 0 Å². The number of benzene rings is 1. The minimum absolute atomic E-state index is 0.0674. The SMILES string of the molecule is CC(C)O[Si](CCCc1ccc(C#CC(C)(C)O)cc1)(OC(C)C)OC(C)C. The summed E-state index contributed by atoms with van der Waals surface area (Å²) in [5, 5.41) is 9.71. The highest BCUT2D eigenvalue weighted by molar-refractivity contribution is 6.60. The van der Waals surface area contributed by atoms with Crippen LogP contribution in [0.25, 0.3) is 0 Å². The van der Waals surface area contributed by atoms with Crippen LogP contribution >= 0.6 is 0 Å². The van der Waals surface area contributed by atoms with Crippen LogP contribution in [0.4, 0.5) is 0 Å². The van der Waals surface area contributed by atoms with E-state index >= 15 is 0 Å². The fourth-order valence-electron chi connectivity index (χ4n) is 2.83. The van der Waals surface area contributed by atoms with Crippen molar-refractivity contribution in [2.75, 3.05) is 0 Å². The molecule has 0 aliphatic carbocycles. The first-order valence-electron chi connectivity index (χ1n) is 10.3. The van der Waals surface area contributed by atoms with E-state index in [0.29, 0.717) is 0 Å². The summed E-state index contributed by atoms with van der Waals surface area (Å²) in [6.07, 6.45) is 2.07. The van der Waals surface area contributed by atoms with Gasteiger partial charge in [0.05, 0.1) is 0 Å². The highest BCUT2D eigenvalue weighted by Gasteiger charge is 2.43. The molecule has 0 bridgehead atoms. The maximum atomic E-state index is 9.71. The Labute approximate surface area is 173 Å². The average molecular weight is 407 g/mol. The molecule has 0 aliphatic heterocycles. The van der Waals surface area contributed by atoms with Crippen molar-refractivity contribution >= 4 is 8.80 Å². The van der Waals surface area contributed by atoms with E-state index in [4.69, 9.17) is 13.3 Å². The highest BCUT2D eigenvalue weighted by atomic mass is 28.4. The van der Waals surface area contributed by atoms with E-state index in [9.17, 15) is 5.11 Å². The molecule has 0 spiro atoms. The molecular formula is C23H38O4Si. The molecule has 4 nitrogen and oxygen atoms in total. The lowest BCUT2D eigenvalue weighted by Gasteiger charge is -2.34. The topological polar surface area (TPSA) is 47.9 Å². The van der Waals surface area contributed by atoms with Gasteiger partial charge in [0.2, 0.25) is 0 Å². The van der Waals surface area contributed by atoms with Crippen LogP contribution in [0, 0.1) is 11.8 Å². The number of hydrogen-bond acceptors (Lipinski definition) is 4.